The lowest BCUT2D eigenvalue weighted by molar-refractivity contribution is 0.0951. The van der Waals surface area contributed by atoms with Gasteiger partial charge in [0.15, 0.2) is 0 Å². The quantitative estimate of drug-likeness (QED) is 0.447. The van der Waals surface area contributed by atoms with Gasteiger partial charge in [0.05, 0.1) is 11.3 Å². The number of hydrogen-bond acceptors (Lipinski definition) is 5. The Bertz CT molecular complexity index is 1390. The maximum atomic E-state index is 12.6. The molecule has 1 aromatic carbocycles. The molecule has 4 aromatic rings. The molecule has 0 spiro atoms. The predicted molar refractivity (Wildman–Crippen MR) is 133 cm³/mol. The van der Waals surface area contributed by atoms with Crippen molar-refractivity contribution >= 4 is 23.1 Å². The normalized spacial score (nSPS) is 10.5. The largest absolute Gasteiger partial charge is 0.383 e. The Hall–Kier alpha value is -3.89. The first-order chi connectivity index (χ1) is 15.8. The summed E-state index contributed by atoms with van der Waals surface area (Å²) < 4.78 is 1.85. The molecule has 3 aromatic heterocycles. The maximum absolute atomic E-state index is 12.6. The van der Waals surface area contributed by atoms with Gasteiger partial charge in [-0.1, -0.05) is 17.9 Å². The van der Waals surface area contributed by atoms with Crippen LogP contribution in [-0.4, -0.2) is 20.7 Å². The molecule has 33 heavy (non-hydrogen) atoms. The minimum absolute atomic E-state index is 0.130. The van der Waals surface area contributed by atoms with E-state index in [1.807, 2.05) is 73.6 Å². The highest BCUT2D eigenvalue weighted by Gasteiger charge is 2.13. The summed E-state index contributed by atoms with van der Waals surface area (Å²) in [4.78, 5) is 17.0. The Kier molecular flexibility index (Phi) is 6.29. The number of nitrogens with two attached hydrogens (primary N) is 1. The van der Waals surface area contributed by atoms with Gasteiger partial charge >= 0.3 is 0 Å². The Morgan fingerprint density at radius 1 is 1.15 bits per heavy atom. The van der Waals surface area contributed by atoms with Crippen LogP contribution in [0, 0.1) is 32.6 Å². The summed E-state index contributed by atoms with van der Waals surface area (Å²) in [7, 11) is 1.92. The number of benzene rings is 1. The molecule has 3 N–H and O–H groups in total. The molecule has 0 atom stereocenters. The highest BCUT2D eigenvalue weighted by molar-refractivity contribution is 7.07. The average Bonchev–Trinajstić information content (AvgIpc) is 3.40. The average molecular weight is 456 g/mol. The smallest absolute Gasteiger partial charge is 0.251 e. The molecule has 0 saturated carbocycles. The SMILES string of the molecule is Cc1ccc(C(=O)NCc2ccsc2)cc1C#Cc1cc(-c2c(C)nn(C)c2C)cnc1N. The number of amides is 1. The Labute approximate surface area is 197 Å². The standard InChI is InChI=1S/C26H25N5OS/c1-16-5-6-22(26(32)29-13-19-9-10-33-15-19)11-20(16)7-8-21-12-23(14-28-25(21)27)24-17(2)30-31(4)18(24)3/h5-6,9-12,14-15H,13H2,1-4H3,(H2,27,28)(H,29,32). The third-order valence-corrected chi connectivity index (χ3v) is 6.31. The van der Waals surface area contributed by atoms with Gasteiger partial charge in [0.25, 0.3) is 5.91 Å². The van der Waals surface area contributed by atoms with Crippen LogP contribution in [-0.2, 0) is 13.6 Å². The number of nitrogens with one attached hydrogen (secondary N) is 1. The number of nitrogen functional groups attached to an aromatic ring is 1. The number of carbonyl (C=O) groups excluding carboxylic acids is 1. The van der Waals surface area contributed by atoms with E-state index in [2.05, 4.69) is 27.2 Å². The van der Waals surface area contributed by atoms with E-state index >= 15 is 0 Å². The van der Waals surface area contributed by atoms with Crippen molar-refractivity contribution in [3.8, 4) is 23.0 Å². The second kappa shape index (κ2) is 9.31. The summed E-state index contributed by atoms with van der Waals surface area (Å²) in [6, 6.07) is 9.48. The topological polar surface area (TPSA) is 85.8 Å². The van der Waals surface area contributed by atoms with Gasteiger partial charge in [-0.25, -0.2) is 4.98 Å². The predicted octanol–water partition coefficient (Wildman–Crippen LogP) is 4.38. The van der Waals surface area contributed by atoms with Crippen molar-refractivity contribution in [1.82, 2.24) is 20.1 Å². The summed E-state index contributed by atoms with van der Waals surface area (Å²) in [5.74, 6) is 6.57. The van der Waals surface area contributed by atoms with Crippen LogP contribution >= 0.6 is 11.3 Å². The zero-order chi connectivity index (χ0) is 23.5. The molecule has 0 unspecified atom stereocenters. The zero-order valence-corrected chi connectivity index (χ0v) is 19.9. The fraction of sp³-hybridized carbons (Fsp3) is 0.192. The molecule has 0 saturated heterocycles. The number of hydrogen-bond donors (Lipinski definition) is 2. The highest BCUT2D eigenvalue weighted by atomic mass is 32.1. The number of nitrogens with zero attached hydrogens (tertiary/aromatic N) is 3. The lowest BCUT2D eigenvalue weighted by atomic mass is 10.0. The van der Waals surface area contributed by atoms with Crippen molar-refractivity contribution in [2.45, 2.75) is 27.3 Å². The van der Waals surface area contributed by atoms with Gasteiger partial charge in [-0.3, -0.25) is 9.48 Å². The van der Waals surface area contributed by atoms with Crippen LogP contribution in [0.2, 0.25) is 0 Å². The number of aryl methyl sites for hydroxylation is 3. The van der Waals surface area contributed by atoms with Crippen LogP contribution in [0.3, 0.4) is 0 Å². The molecule has 0 aliphatic carbocycles. The first kappa shape index (κ1) is 22.3. The van der Waals surface area contributed by atoms with Crippen LogP contribution < -0.4 is 11.1 Å². The first-order valence-corrected chi connectivity index (χ1v) is 11.5. The minimum Gasteiger partial charge on any atom is -0.383 e. The van der Waals surface area contributed by atoms with E-state index in [1.165, 1.54) is 0 Å². The Morgan fingerprint density at radius 2 is 1.94 bits per heavy atom. The van der Waals surface area contributed by atoms with E-state index in [9.17, 15) is 4.79 Å². The second-order valence-electron chi connectivity index (χ2n) is 7.92. The van der Waals surface area contributed by atoms with E-state index in [-0.39, 0.29) is 5.91 Å². The number of anilines is 1. The van der Waals surface area contributed by atoms with Gasteiger partial charge in [0.2, 0.25) is 0 Å². The molecule has 0 bridgehead atoms. The molecule has 0 aliphatic rings. The van der Waals surface area contributed by atoms with E-state index in [4.69, 9.17) is 5.73 Å². The molecule has 0 fully saturated rings. The van der Waals surface area contributed by atoms with E-state index < -0.39 is 0 Å². The number of thiophene rings is 1. The van der Waals surface area contributed by atoms with Gasteiger partial charge in [-0.15, -0.1) is 0 Å². The van der Waals surface area contributed by atoms with Crippen molar-refractivity contribution in [2.24, 2.45) is 7.05 Å². The summed E-state index contributed by atoms with van der Waals surface area (Å²) in [5.41, 5.74) is 14.1. The number of carbonyl (C=O) groups is 1. The van der Waals surface area contributed by atoms with Crippen LogP contribution in [0.1, 0.15) is 44.0 Å². The molecule has 0 aliphatic heterocycles. The molecule has 4 rings (SSSR count). The van der Waals surface area contributed by atoms with Crippen LogP contribution in [0.5, 0.6) is 0 Å². The number of pyridine rings is 1. The third-order valence-electron chi connectivity index (χ3n) is 5.58. The van der Waals surface area contributed by atoms with Crippen LogP contribution in [0.25, 0.3) is 11.1 Å². The summed E-state index contributed by atoms with van der Waals surface area (Å²) in [5, 5.41) is 11.5. The fourth-order valence-electron chi connectivity index (χ4n) is 3.61. The minimum atomic E-state index is -0.130. The molecule has 3 heterocycles. The third kappa shape index (κ3) is 4.81. The van der Waals surface area contributed by atoms with E-state index in [0.29, 0.717) is 23.5 Å². The molecule has 7 heteroatoms. The lowest BCUT2D eigenvalue weighted by Gasteiger charge is -2.07. The number of aromatic nitrogens is 3. The lowest BCUT2D eigenvalue weighted by Crippen LogP contribution is -2.22. The van der Waals surface area contributed by atoms with E-state index in [1.54, 1.807) is 17.5 Å². The van der Waals surface area contributed by atoms with E-state index in [0.717, 1.165) is 39.2 Å². The summed E-state index contributed by atoms with van der Waals surface area (Å²) >= 11 is 1.61. The van der Waals surface area contributed by atoms with Crippen molar-refractivity contribution in [3.05, 3.63) is 86.5 Å². The number of rotatable bonds is 4. The Balaban J connectivity index is 1.61. The molecular weight excluding hydrogens is 430 g/mol. The second-order valence-corrected chi connectivity index (χ2v) is 8.70. The van der Waals surface area contributed by atoms with Crippen molar-refractivity contribution in [3.63, 3.8) is 0 Å². The fourth-order valence-corrected chi connectivity index (χ4v) is 4.28. The van der Waals surface area contributed by atoms with Crippen molar-refractivity contribution in [1.29, 1.82) is 0 Å². The first-order valence-electron chi connectivity index (χ1n) is 10.5. The monoisotopic (exact) mass is 455 g/mol. The van der Waals surface area contributed by atoms with Crippen LogP contribution in [0.4, 0.5) is 5.82 Å². The molecule has 6 nitrogen and oxygen atoms in total. The van der Waals surface area contributed by atoms with Gasteiger partial charge in [0.1, 0.15) is 5.82 Å². The Morgan fingerprint density at radius 3 is 2.64 bits per heavy atom. The van der Waals surface area contributed by atoms with Gasteiger partial charge in [0, 0.05) is 47.7 Å². The molecular formula is C26H25N5OS. The van der Waals surface area contributed by atoms with Gasteiger partial charge in [-0.2, -0.15) is 16.4 Å². The summed E-state index contributed by atoms with van der Waals surface area (Å²) in [6.07, 6.45) is 1.75. The van der Waals surface area contributed by atoms with Gasteiger partial charge in [-0.05, 0) is 66.9 Å². The highest BCUT2D eigenvalue weighted by Crippen LogP contribution is 2.27. The summed E-state index contributed by atoms with van der Waals surface area (Å²) in [6.45, 7) is 6.47. The van der Waals surface area contributed by atoms with Crippen molar-refractivity contribution < 1.29 is 4.79 Å². The molecule has 166 valence electrons. The van der Waals surface area contributed by atoms with Gasteiger partial charge < -0.3 is 11.1 Å². The molecule has 0 radical (unpaired) electrons. The van der Waals surface area contributed by atoms with Crippen molar-refractivity contribution in [2.75, 3.05) is 5.73 Å². The zero-order valence-electron chi connectivity index (χ0n) is 19.1. The van der Waals surface area contributed by atoms with Crippen LogP contribution in [0.15, 0.2) is 47.3 Å². The maximum Gasteiger partial charge on any atom is 0.251 e. The molecule has 1 amide bonds.